The van der Waals surface area contributed by atoms with Crippen molar-refractivity contribution in [3.63, 3.8) is 0 Å². The number of hydrogen-bond donors (Lipinski definition) is 1. The first-order chi connectivity index (χ1) is 8.00. The van der Waals surface area contributed by atoms with E-state index in [-0.39, 0.29) is 17.4 Å². The third kappa shape index (κ3) is 2.12. The minimum atomic E-state index is -0.665. The molecule has 1 heterocycles. The molecule has 0 saturated carbocycles. The van der Waals surface area contributed by atoms with Gasteiger partial charge in [0.1, 0.15) is 17.1 Å². The summed E-state index contributed by atoms with van der Waals surface area (Å²) in [6, 6.07) is 4.01. The van der Waals surface area contributed by atoms with Gasteiger partial charge >= 0.3 is 0 Å². The molecule has 1 aliphatic heterocycles. The zero-order chi connectivity index (χ0) is 12.6. The van der Waals surface area contributed by atoms with Gasteiger partial charge < -0.3 is 10.0 Å². The number of rotatable bonds is 1. The van der Waals surface area contributed by atoms with Crippen LogP contribution < -0.4 is 0 Å². The predicted octanol–water partition coefficient (Wildman–Crippen LogP) is 2.40. The summed E-state index contributed by atoms with van der Waals surface area (Å²) in [5.41, 5.74) is -0.214. The molecule has 1 saturated heterocycles. The number of amides is 1. The average molecular weight is 237 g/mol. The summed E-state index contributed by atoms with van der Waals surface area (Å²) < 4.78 is 13.6. The zero-order valence-corrected chi connectivity index (χ0v) is 9.98. The molecule has 2 atom stereocenters. The highest BCUT2D eigenvalue weighted by Gasteiger charge is 2.32. The van der Waals surface area contributed by atoms with Gasteiger partial charge in [0.25, 0.3) is 5.91 Å². The molecule has 2 rings (SSSR count). The summed E-state index contributed by atoms with van der Waals surface area (Å²) >= 11 is 0. The molecule has 17 heavy (non-hydrogen) atoms. The Hall–Kier alpha value is -1.58. The number of benzene rings is 1. The van der Waals surface area contributed by atoms with Crippen molar-refractivity contribution in [2.75, 3.05) is 6.54 Å². The van der Waals surface area contributed by atoms with E-state index < -0.39 is 11.7 Å². The van der Waals surface area contributed by atoms with Crippen LogP contribution in [0.3, 0.4) is 0 Å². The lowest BCUT2D eigenvalue weighted by Gasteiger charge is -2.22. The number of aromatic hydroxyl groups is 1. The van der Waals surface area contributed by atoms with Crippen molar-refractivity contribution in [3.8, 4) is 5.75 Å². The molecule has 1 aliphatic rings. The highest BCUT2D eigenvalue weighted by molar-refractivity contribution is 5.97. The van der Waals surface area contributed by atoms with E-state index in [1.54, 1.807) is 4.90 Å². The van der Waals surface area contributed by atoms with Crippen molar-refractivity contribution in [2.45, 2.75) is 26.3 Å². The molecule has 1 N–H and O–H groups in total. The Balaban J connectivity index is 2.32. The highest BCUT2D eigenvalue weighted by Crippen LogP contribution is 2.28. The Morgan fingerprint density at radius 1 is 1.47 bits per heavy atom. The van der Waals surface area contributed by atoms with Gasteiger partial charge in [0.2, 0.25) is 0 Å². The molecule has 0 spiro atoms. The second-order valence-electron chi connectivity index (χ2n) is 4.78. The fourth-order valence-electron chi connectivity index (χ4n) is 2.45. The molecule has 1 fully saturated rings. The maximum atomic E-state index is 13.6. The lowest BCUT2D eigenvalue weighted by molar-refractivity contribution is 0.0735. The predicted molar refractivity (Wildman–Crippen MR) is 62.3 cm³/mol. The fourth-order valence-corrected chi connectivity index (χ4v) is 2.45. The Kier molecular flexibility index (Phi) is 3.05. The Bertz CT molecular complexity index is 427. The third-order valence-electron chi connectivity index (χ3n) is 3.25. The van der Waals surface area contributed by atoms with Crippen molar-refractivity contribution in [3.05, 3.63) is 29.6 Å². The van der Waals surface area contributed by atoms with Crippen LogP contribution >= 0.6 is 0 Å². The monoisotopic (exact) mass is 237 g/mol. The normalized spacial score (nSPS) is 24.1. The van der Waals surface area contributed by atoms with E-state index in [4.69, 9.17) is 0 Å². The topological polar surface area (TPSA) is 40.5 Å². The van der Waals surface area contributed by atoms with Gasteiger partial charge in [-0.3, -0.25) is 4.79 Å². The molecular weight excluding hydrogens is 221 g/mol. The Labute approximate surface area is 99.9 Å². The van der Waals surface area contributed by atoms with Gasteiger partial charge in [-0.2, -0.15) is 0 Å². The molecule has 92 valence electrons. The minimum absolute atomic E-state index is 0.0940. The molecule has 0 radical (unpaired) electrons. The molecule has 2 unspecified atom stereocenters. The standard InChI is InChI=1S/C13H16FNO2/c1-8-6-9(2)15(7-8)13(17)12-10(14)4-3-5-11(12)16/h3-5,8-9,16H,6-7H2,1-2H3. The maximum Gasteiger partial charge on any atom is 0.260 e. The Morgan fingerprint density at radius 2 is 2.18 bits per heavy atom. The number of phenols is 1. The van der Waals surface area contributed by atoms with E-state index in [2.05, 4.69) is 6.92 Å². The molecule has 1 amide bonds. The van der Waals surface area contributed by atoms with Crippen LogP contribution in [-0.4, -0.2) is 28.5 Å². The van der Waals surface area contributed by atoms with Crippen LogP contribution in [-0.2, 0) is 0 Å². The molecule has 0 bridgehead atoms. The SMILES string of the molecule is CC1CC(C)N(C(=O)c2c(O)cccc2F)C1. The molecule has 1 aromatic carbocycles. The van der Waals surface area contributed by atoms with Crippen LogP contribution in [0, 0.1) is 11.7 Å². The van der Waals surface area contributed by atoms with E-state index >= 15 is 0 Å². The number of phenolic OH excluding ortho intramolecular Hbond substituents is 1. The molecule has 1 aromatic rings. The van der Waals surface area contributed by atoms with E-state index in [1.807, 2.05) is 6.92 Å². The van der Waals surface area contributed by atoms with Crippen LogP contribution in [0.1, 0.15) is 30.6 Å². The first-order valence-corrected chi connectivity index (χ1v) is 5.79. The molecule has 0 aliphatic carbocycles. The van der Waals surface area contributed by atoms with E-state index in [0.29, 0.717) is 12.5 Å². The first kappa shape index (κ1) is 11.9. The van der Waals surface area contributed by atoms with Crippen LogP contribution in [0.25, 0.3) is 0 Å². The number of nitrogens with zero attached hydrogens (tertiary/aromatic N) is 1. The number of hydrogen-bond acceptors (Lipinski definition) is 2. The summed E-state index contributed by atoms with van der Waals surface area (Å²) in [5.74, 6) is -0.955. The molecule has 4 heteroatoms. The van der Waals surface area contributed by atoms with Crippen molar-refractivity contribution in [1.29, 1.82) is 0 Å². The summed E-state index contributed by atoms with van der Waals surface area (Å²) in [6.07, 6.45) is 0.918. The zero-order valence-electron chi connectivity index (χ0n) is 9.98. The first-order valence-electron chi connectivity index (χ1n) is 5.79. The summed E-state index contributed by atoms with van der Waals surface area (Å²) in [6.45, 7) is 4.62. The summed E-state index contributed by atoms with van der Waals surface area (Å²) in [4.78, 5) is 13.8. The van der Waals surface area contributed by atoms with Crippen molar-refractivity contribution < 1.29 is 14.3 Å². The number of carbonyl (C=O) groups is 1. The molecular formula is C13H16FNO2. The number of halogens is 1. The van der Waals surface area contributed by atoms with E-state index in [9.17, 15) is 14.3 Å². The molecule has 0 aromatic heterocycles. The van der Waals surface area contributed by atoms with Gasteiger partial charge in [0, 0.05) is 12.6 Å². The largest absolute Gasteiger partial charge is 0.507 e. The van der Waals surface area contributed by atoms with Crippen LogP contribution in [0.4, 0.5) is 4.39 Å². The smallest absolute Gasteiger partial charge is 0.260 e. The fraction of sp³-hybridized carbons (Fsp3) is 0.462. The lowest BCUT2D eigenvalue weighted by Crippen LogP contribution is -2.34. The highest BCUT2D eigenvalue weighted by atomic mass is 19.1. The average Bonchev–Trinajstić information content (AvgIpc) is 2.57. The van der Waals surface area contributed by atoms with E-state index in [1.165, 1.54) is 18.2 Å². The van der Waals surface area contributed by atoms with Crippen LogP contribution in [0.15, 0.2) is 18.2 Å². The quantitative estimate of drug-likeness (QED) is 0.814. The lowest BCUT2D eigenvalue weighted by atomic mass is 10.1. The summed E-state index contributed by atoms with van der Waals surface area (Å²) in [7, 11) is 0. The van der Waals surface area contributed by atoms with E-state index in [0.717, 1.165) is 6.42 Å². The van der Waals surface area contributed by atoms with Crippen LogP contribution in [0.5, 0.6) is 5.75 Å². The van der Waals surface area contributed by atoms with Crippen molar-refractivity contribution in [1.82, 2.24) is 4.90 Å². The number of likely N-dealkylation sites (tertiary alicyclic amines) is 1. The van der Waals surface area contributed by atoms with Crippen LogP contribution in [0.2, 0.25) is 0 Å². The van der Waals surface area contributed by atoms with Gasteiger partial charge in [0.05, 0.1) is 0 Å². The Morgan fingerprint density at radius 3 is 2.71 bits per heavy atom. The van der Waals surface area contributed by atoms with Crippen molar-refractivity contribution in [2.24, 2.45) is 5.92 Å². The van der Waals surface area contributed by atoms with Crippen molar-refractivity contribution >= 4 is 5.91 Å². The minimum Gasteiger partial charge on any atom is -0.507 e. The third-order valence-corrected chi connectivity index (χ3v) is 3.25. The maximum absolute atomic E-state index is 13.6. The van der Waals surface area contributed by atoms with Gasteiger partial charge in [-0.1, -0.05) is 13.0 Å². The second kappa shape index (κ2) is 4.35. The van der Waals surface area contributed by atoms with Gasteiger partial charge in [0.15, 0.2) is 0 Å². The van der Waals surface area contributed by atoms with Gasteiger partial charge in [-0.25, -0.2) is 4.39 Å². The summed E-state index contributed by atoms with van der Waals surface area (Å²) in [5, 5.41) is 9.59. The second-order valence-corrected chi connectivity index (χ2v) is 4.78. The van der Waals surface area contributed by atoms with Gasteiger partial charge in [-0.05, 0) is 31.4 Å². The van der Waals surface area contributed by atoms with Gasteiger partial charge in [-0.15, -0.1) is 0 Å². The molecule has 3 nitrogen and oxygen atoms in total. The number of carbonyl (C=O) groups excluding carboxylic acids is 1.